The molecule has 2 heterocycles. The number of rotatable bonds is 4. The fraction of sp³-hybridized carbons (Fsp3) is 0.438. The van der Waals surface area contributed by atoms with Gasteiger partial charge in [0.15, 0.2) is 0 Å². The van der Waals surface area contributed by atoms with Gasteiger partial charge in [0.05, 0.1) is 11.1 Å². The molecule has 1 fully saturated rings. The molecule has 1 saturated heterocycles. The van der Waals surface area contributed by atoms with E-state index in [2.05, 4.69) is 10.00 Å². The molecule has 1 unspecified atom stereocenters. The topological polar surface area (TPSA) is 64.2 Å². The van der Waals surface area contributed by atoms with Gasteiger partial charge in [0.1, 0.15) is 5.69 Å². The van der Waals surface area contributed by atoms with Crippen LogP contribution in [-0.4, -0.2) is 27.8 Å². The van der Waals surface area contributed by atoms with E-state index in [0.717, 1.165) is 37.2 Å². The lowest BCUT2D eigenvalue weighted by Crippen LogP contribution is -2.21. The van der Waals surface area contributed by atoms with E-state index in [1.165, 1.54) is 5.56 Å². The molecular weight excluding hydrogens is 280 g/mol. The number of hydrogen-bond acceptors (Lipinski definition) is 4. The average Bonchev–Trinajstić information content (AvgIpc) is 3.08. The van der Waals surface area contributed by atoms with E-state index in [9.17, 15) is 10.1 Å². The normalized spacial score (nSPS) is 17.9. The molecule has 3 rings (SSSR count). The summed E-state index contributed by atoms with van der Waals surface area (Å²) in [5.74, 6) is 0.519. The number of nitrogens with zero attached hydrogens (tertiary/aromatic N) is 4. The van der Waals surface area contributed by atoms with Gasteiger partial charge in [-0.05, 0) is 42.9 Å². The quantitative estimate of drug-likeness (QED) is 0.643. The first-order chi connectivity index (χ1) is 10.5. The van der Waals surface area contributed by atoms with Crippen molar-refractivity contribution in [1.82, 2.24) is 9.78 Å². The van der Waals surface area contributed by atoms with Gasteiger partial charge in [0, 0.05) is 32.4 Å². The molecule has 0 amide bonds. The first-order valence-electron chi connectivity index (χ1n) is 7.50. The maximum Gasteiger partial charge on any atom is 0.292 e. The Morgan fingerprint density at radius 1 is 1.45 bits per heavy atom. The van der Waals surface area contributed by atoms with Crippen LogP contribution in [0.2, 0.25) is 0 Å². The van der Waals surface area contributed by atoms with E-state index in [1.54, 1.807) is 6.07 Å². The van der Waals surface area contributed by atoms with Crippen LogP contribution in [0.3, 0.4) is 0 Å². The Morgan fingerprint density at radius 3 is 2.95 bits per heavy atom. The van der Waals surface area contributed by atoms with Gasteiger partial charge >= 0.3 is 0 Å². The number of nitro groups is 1. The van der Waals surface area contributed by atoms with Gasteiger partial charge in [-0.2, -0.15) is 5.10 Å². The summed E-state index contributed by atoms with van der Waals surface area (Å²) in [6.45, 7) is 3.61. The Kier molecular flexibility index (Phi) is 3.83. The van der Waals surface area contributed by atoms with Crippen molar-refractivity contribution < 1.29 is 4.92 Å². The molecule has 6 nitrogen and oxygen atoms in total. The molecule has 0 saturated carbocycles. The lowest BCUT2D eigenvalue weighted by Gasteiger charge is -2.18. The van der Waals surface area contributed by atoms with Crippen molar-refractivity contribution in [3.63, 3.8) is 0 Å². The predicted molar refractivity (Wildman–Crippen MR) is 85.1 cm³/mol. The Balaban J connectivity index is 1.74. The van der Waals surface area contributed by atoms with Crippen LogP contribution in [0.4, 0.5) is 11.4 Å². The molecule has 2 aromatic rings. The second kappa shape index (κ2) is 5.79. The fourth-order valence-corrected chi connectivity index (χ4v) is 3.18. The van der Waals surface area contributed by atoms with Crippen molar-refractivity contribution in [2.75, 3.05) is 18.0 Å². The standard InChI is InChI=1S/C16H20N4O2/c1-12-3-4-15(16(7-12)20(21)22)19-6-5-13(11-19)8-14-9-17-18(2)10-14/h3-4,7,9-10,13H,5-6,8,11H2,1-2H3. The summed E-state index contributed by atoms with van der Waals surface area (Å²) in [6, 6.07) is 5.47. The third kappa shape index (κ3) is 2.95. The van der Waals surface area contributed by atoms with Crippen LogP contribution in [-0.2, 0) is 13.5 Å². The van der Waals surface area contributed by atoms with Crippen molar-refractivity contribution in [3.8, 4) is 0 Å². The first-order valence-corrected chi connectivity index (χ1v) is 7.50. The van der Waals surface area contributed by atoms with Crippen molar-refractivity contribution in [3.05, 3.63) is 51.8 Å². The lowest BCUT2D eigenvalue weighted by molar-refractivity contribution is -0.384. The number of hydrogen-bond donors (Lipinski definition) is 0. The predicted octanol–water partition coefficient (Wildman–Crippen LogP) is 2.71. The van der Waals surface area contributed by atoms with Gasteiger partial charge in [-0.1, -0.05) is 6.07 Å². The van der Waals surface area contributed by atoms with Crippen molar-refractivity contribution >= 4 is 11.4 Å². The molecule has 1 aliphatic rings. The van der Waals surface area contributed by atoms with Crippen molar-refractivity contribution in [2.24, 2.45) is 13.0 Å². The van der Waals surface area contributed by atoms with Crippen molar-refractivity contribution in [2.45, 2.75) is 19.8 Å². The molecule has 1 aromatic heterocycles. The zero-order valence-corrected chi connectivity index (χ0v) is 12.9. The maximum atomic E-state index is 11.3. The number of aromatic nitrogens is 2. The molecule has 0 bridgehead atoms. The molecule has 0 radical (unpaired) electrons. The highest BCUT2D eigenvalue weighted by molar-refractivity contribution is 5.64. The van der Waals surface area contributed by atoms with Gasteiger partial charge in [0.25, 0.3) is 5.69 Å². The van der Waals surface area contributed by atoms with Crippen LogP contribution in [0, 0.1) is 23.0 Å². The Morgan fingerprint density at radius 2 is 2.27 bits per heavy atom. The monoisotopic (exact) mass is 300 g/mol. The van der Waals surface area contributed by atoms with Crippen LogP contribution in [0.15, 0.2) is 30.6 Å². The Hall–Kier alpha value is -2.37. The van der Waals surface area contributed by atoms with Crippen LogP contribution in [0.1, 0.15) is 17.5 Å². The maximum absolute atomic E-state index is 11.3. The lowest BCUT2D eigenvalue weighted by atomic mass is 10.0. The smallest absolute Gasteiger partial charge is 0.292 e. The van der Waals surface area contributed by atoms with Gasteiger partial charge < -0.3 is 4.90 Å². The third-order valence-electron chi connectivity index (χ3n) is 4.24. The fourth-order valence-electron chi connectivity index (χ4n) is 3.18. The van der Waals surface area contributed by atoms with E-state index in [-0.39, 0.29) is 10.6 Å². The minimum absolute atomic E-state index is 0.210. The minimum atomic E-state index is -0.281. The SMILES string of the molecule is Cc1ccc(N2CCC(Cc3cnn(C)c3)C2)c([N+](=O)[O-])c1. The van der Waals surface area contributed by atoms with Gasteiger partial charge in [-0.25, -0.2) is 0 Å². The molecule has 6 heteroatoms. The average molecular weight is 300 g/mol. The van der Waals surface area contributed by atoms with E-state index < -0.39 is 0 Å². The molecule has 1 atom stereocenters. The number of benzene rings is 1. The van der Waals surface area contributed by atoms with E-state index in [1.807, 2.05) is 43.2 Å². The Bertz CT molecular complexity index is 695. The van der Waals surface area contributed by atoms with Gasteiger partial charge in [-0.15, -0.1) is 0 Å². The van der Waals surface area contributed by atoms with Gasteiger partial charge in [-0.3, -0.25) is 14.8 Å². The molecule has 116 valence electrons. The second-order valence-electron chi connectivity index (χ2n) is 6.08. The highest BCUT2D eigenvalue weighted by Gasteiger charge is 2.27. The largest absolute Gasteiger partial charge is 0.366 e. The van der Waals surface area contributed by atoms with Crippen LogP contribution in [0.5, 0.6) is 0 Å². The van der Waals surface area contributed by atoms with Gasteiger partial charge in [0.2, 0.25) is 0 Å². The first kappa shape index (κ1) is 14.6. The zero-order valence-electron chi connectivity index (χ0n) is 12.9. The molecule has 1 aromatic carbocycles. The van der Waals surface area contributed by atoms with Crippen molar-refractivity contribution in [1.29, 1.82) is 0 Å². The number of aryl methyl sites for hydroxylation is 2. The van der Waals surface area contributed by atoms with Crippen LogP contribution < -0.4 is 4.90 Å². The van der Waals surface area contributed by atoms with E-state index in [0.29, 0.717) is 5.92 Å². The highest BCUT2D eigenvalue weighted by atomic mass is 16.6. The van der Waals surface area contributed by atoms with Crippen LogP contribution in [0.25, 0.3) is 0 Å². The van der Waals surface area contributed by atoms with E-state index >= 15 is 0 Å². The summed E-state index contributed by atoms with van der Waals surface area (Å²) in [5, 5.41) is 15.5. The minimum Gasteiger partial charge on any atom is -0.366 e. The molecule has 0 N–H and O–H groups in total. The summed E-state index contributed by atoms with van der Waals surface area (Å²) in [7, 11) is 1.92. The second-order valence-corrected chi connectivity index (χ2v) is 6.08. The molecule has 0 spiro atoms. The number of anilines is 1. The summed E-state index contributed by atoms with van der Waals surface area (Å²) < 4.78 is 1.81. The Labute approximate surface area is 129 Å². The van der Waals surface area contributed by atoms with E-state index in [4.69, 9.17) is 0 Å². The molecule has 1 aliphatic heterocycles. The summed E-state index contributed by atoms with van der Waals surface area (Å²) >= 11 is 0. The summed E-state index contributed by atoms with van der Waals surface area (Å²) in [6.07, 6.45) is 5.97. The summed E-state index contributed by atoms with van der Waals surface area (Å²) in [5.41, 5.74) is 3.10. The third-order valence-corrected chi connectivity index (χ3v) is 4.24. The molecule has 0 aliphatic carbocycles. The molecule has 22 heavy (non-hydrogen) atoms. The molecular formula is C16H20N4O2. The number of nitro benzene ring substituents is 1. The summed E-state index contributed by atoms with van der Waals surface area (Å²) in [4.78, 5) is 13.1. The highest BCUT2D eigenvalue weighted by Crippen LogP contribution is 2.33. The van der Waals surface area contributed by atoms with Crippen LogP contribution >= 0.6 is 0 Å². The zero-order chi connectivity index (χ0) is 15.7.